The zero-order valence-corrected chi connectivity index (χ0v) is 22.8. The predicted octanol–water partition coefficient (Wildman–Crippen LogP) is 6.85. The molecule has 3 amide bonds. The van der Waals surface area contributed by atoms with Crippen molar-refractivity contribution in [1.82, 2.24) is 0 Å². The van der Waals surface area contributed by atoms with Crippen LogP contribution in [0.25, 0.3) is 0 Å². The third-order valence-corrected chi connectivity index (χ3v) is 11.2. The molecule has 1 N–H and O–H groups in total. The highest BCUT2D eigenvalue weighted by Gasteiger charge is 2.87. The molecule has 12 heteroatoms. The van der Waals surface area contributed by atoms with Crippen LogP contribution in [0.1, 0.15) is 15.9 Å². The summed E-state index contributed by atoms with van der Waals surface area (Å²) >= 11 is 45.1. The van der Waals surface area contributed by atoms with Gasteiger partial charge in [0.15, 0.2) is 4.33 Å². The van der Waals surface area contributed by atoms with Crippen LogP contribution in [0.2, 0.25) is 5.02 Å². The third-order valence-electron chi connectivity index (χ3n) is 6.74. The molecule has 2 aromatic rings. The van der Waals surface area contributed by atoms with Crippen molar-refractivity contribution in [2.45, 2.75) is 21.0 Å². The Bertz CT molecular complexity index is 1310. The Morgan fingerprint density at radius 3 is 1.89 bits per heavy atom. The summed E-state index contributed by atoms with van der Waals surface area (Å²) in [5.74, 6) is -4.19. The molecule has 0 unspecified atom stereocenters. The van der Waals surface area contributed by atoms with Crippen molar-refractivity contribution in [3.63, 3.8) is 0 Å². The van der Waals surface area contributed by atoms with Gasteiger partial charge in [-0.05, 0) is 48.9 Å². The minimum Gasteiger partial charge on any atom is -0.322 e. The van der Waals surface area contributed by atoms with Crippen molar-refractivity contribution in [3.8, 4) is 0 Å². The van der Waals surface area contributed by atoms with Gasteiger partial charge in [-0.25, -0.2) is 4.90 Å². The Morgan fingerprint density at radius 1 is 0.857 bits per heavy atom. The van der Waals surface area contributed by atoms with Crippen LogP contribution < -0.4 is 10.2 Å². The van der Waals surface area contributed by atoms with Gasteiger partial charge in [-0.3, -0.25) is 14.4 Å². The van der Waals surface area contributed by atoms with Crippen molar-refractivity contribution in [2.24, 2.45) is 11.8 Å². The van der Waals surface area contributed by atoms with Crippen LogP contribution in [0.15, 0.2) is 52.5 Å². The number of halogens is 7. The molecular weight excluding hydrogens is 600 g/mol. The van der Waals surface area contributed by atoms with E-state index in [9.17, 15) is 14.4 Å². The third kappa shape index (κ3) is 3.13. The van der Waals surface area contributed by atoms with E-state index in [0.29, 0.717) is 16.3 Å². The Morgan fingerprint density at radius 2 is 1.37 bits per heavy atom. The Labute approximate surface area is 235 Å². The van der Waals surface area contributed by atoms with Gasteiger partial charge in [-0.1, -0.05) is 64.1 Å². The van der Waals surface area contributed by atoms with Crippen molar-refractivity contribution in [2.75, 3.05) is 10.2 Å². The summed E-state index contributed by atoms with van der Waals surface area (Å²) < 4.78 is -2.00. The lowest BCUT2D eigenvalue weighted by molar-refractivity contribution is -0.123. The second kappa shape index (κ2) is 8.16. The van der Waals surface area contributed by atoms with Gasteiger partial charge in [0.05, 0.1) is 27.6 Å². The summed E-state index contributed by atoms with van der Waals surface area (Å²) in [6, 6.07) is 11.0. The van der Waals surface area contributed by atoms with Gasteiger partial charge in [0.25, 0.3) is 5.91 Å². The van der Waals surface area contributed by atoms with Gasteiger partial charge in [0.1, 0.15) is 9.75 Å². The SMILES string of the molecule is Cc1ccc(Cl)cc1NC(=O)c1ccc(N2C(=O)[C@H]3[C@H](C2=O)[C@@]2(Cl)C(Cl)=C(Cl)[C@@]3(Cl)C2(Cl)Cl)cc1. The monoisotopic (exact) mass is 610 g/mol. The van der Waals surface area contributed by atoms with E-state index in [4.69, 9.17) is 81.2 Å². The standard InChI is InChI=1S/C23H13Cl7N2O3/c1-9-2-5-11(24)8-13(9)31-18(33)10-3-6-12(7-4-10)32-19(34)14-15(20(32)35)22(28)17(26)16(25)21(14,27)23(22,29)30/h2-8,14-15H,1H3,(H,31,33)/t14-,15-,21-,22-/m1/s1. The molecule has 5 nitrogen and oxygen atoms in total. The maximum atomic E-state index is 13.4. The average Bonchev–Trinajstić information content (AvgIpc) is 3.20. The highest BCUT2D eigenvalue weighted by Crippen LogP contribution is 2.77. The number of hydrogen-bond donors (Lipinski definition) is 1. The maximum absolute atomic E-state index is 13.4. The van der Waals surface area contributed by atoms with Crippen LogP contribution in [-0.4, -0.2) is 31.8 Å². The van der Waals surface area contributed by atoms with Crippen molar-refractivity contribution in [3.05, 3.63) is 68.7 Å². The van der Waals surface area contributed by atoms with Crippen LogP contribution >= 0.6 is 81.2 Å². The second-order valence-electron chi connectivity index (χ2n) is 8.55. The second-order valence-corrected chi connectivity index (χ2v) is 12.3. The molecule has 0 spiro atoms. The number of alkyl halides is 4. The lowest BCUT2D eigenvalue weighted by Gasteiger charge is -2.34. The number of nitrogens with zero attached hydrogens (tertiary/aromatic N) is 1. The van der Waals surface area contributed by atoms with E-state index >= 15 is 0 Å². The van der Waals surface area contributed by atoms with Crippen LogP contribution in [0.5, 0.6) is 0 Å². The normalized spacial score (nSPS) is 30.8. The zero-order chi connectivity index (χ0) is 25.7. The highest BCUT2D eigenvalue weighted by molar-refractivity contribution is 6.67. The first-order valence-corrected chi connectivity index (χ1v) is 12.8. The number of imide groups is 1. The lowest BCUT2D eigenvalue weighted by Crippen LogP contribution is -2.50. The molecule has 5 rings (SSSR count). The van der Waals surface area contributed by atoms with Gasteiger partial charge >= 0.3 is 0 Å². The molecule has 35 heavy (non-hydrogen) atoms. The zero-order valence-electron chi connectivity index (χ0n) is 17.5. The molecule has 3 aliphatic rings. The Kier molecular flexibility index (Phi) is 5.94. The number of rotatable bonds is 3. The van der Waals surface area contributed by atoms with E-state index in [2.05, 4.69) is 5.32 Å². The number of allylic oxidation sites excluding steroid dienone is 2. The summed E-state index contributed by atoms with van der Waals surface area (Å²) in [7, 11) is 0. The first kappa shape index (κ1) is 25.5. The van der Waals surface area contributed by atoms with Crippen LogP contribution in [-0.2, 0) is 9.59 Å². The molecule has 0 radical (unpaired) electrons. The van der Waals surface area contributed by atoms with Gasteiger partial charge in [0, 0.05) is 16.3 Å². The molecule has 1 saturated carbocycles. The highest BCUT2D eigenvalue weighted by atomic mass is 35.5. The molecule has 0 aromatic heterocycles. The number of nitrogens with one attached hydrogen (secondary N) is 1. The van der Waals surface area contributed by atoms with Gasteiger partial charge < -0.3 is 5.32 Å². The molecular formula is C23H13Cl7N2O3. The summed E-state index contributed by atoms with van der Waals surface area (Å²) in [6.45, 7) is 1.83. The van der Waals surface area contributed by atoms with Crippen molar-refractivity contribution >= 4 is 110 Å². The topological polar surface area (TPSA) is 66.5 Å². The Hall–Kier alpha value is -1.18. The fourth-order valence-corrected chi connectivity index (χ4v) is 8.04. The quantitative estimate of drug-likeness (QED) is 0.304. The van der Waals surface area contributed by atoms with Gasteiger partial charge in [-0.15, -0.1) is 23.2 Å². The van der Waals surface area contributed by atoms with Crippen LogP contribution in [0, 0.1) is 18.8 Å². The minimum atomic E-state index is -2.00. The first-order valence-electron chi connectivity index (χ1n) is 10.2. The van der Waals surface area contributed by atoms with Crippen molar-refractivity contribution < 1.29 is 14.4 Å². The molecule has 1 saturated heterocycles. The fourth-order valence-electron chi connectivity index (χ4n) is 4.93. The van der Waals surface area contributed by atoms with Crippen LogP contribution in [0.3, 0.4) is 0 Å². The molecule has 2 bridgehead atoms. The average molecular weight is 614 g/mol. The van der Waals surface area contributed by atoms with Crippen molar-refractivity contribution in [1.29, 1.82) is 0 Å². The van der Waals surface area contributed by atoms with Gasteiger partial charge in [-0.2, -0.15) is 0 Å². The summed E-state index contributed by atoms with van der Waals surface area (Å²) in [6.07, 6.45) is 0. The van der Waals surface area contributed by atoms with E-state index < -0.39 is 43.6 Å². The number of benzene rings is 2. The smallest absolute Gasteiger partial charge is 0.255 e. The van der Waals surface area contributed by atoms with Gasteiger partial charge in [0.2, 0.25) is 11.8 Å². The molecule has 4 atom stereocenters. The molecule has 2 fully saturated rings. The molecule has 2 aromatic carbocycles. The fraction of sp³-hybridized carbons (Fsp3) is 0.261. The molecule has 182 valence electrons. The van der Waals surface area contributed by atoms with E-state index in [-0.39, 0.29) is 15.8 Å². The van der Waals surface area contributed by atoms with Crippen LogP contribution in [0.4, 0.5) is 11.4 Å². The number of amides is 3. The minimum absolute atomic E-state index is 0.159. The summed E-state index contributed by atoms with van der Waals surface area (Å²) in [5.41, 5.74) is 1.90. The maximum Gasteiger partial charge on any atom is 0.255 e. The summed E-state index contributed by atoms with van der Waals surface area (Å²) in [5, 5.41) is 2.95. The number of carbonyl (C=O) groups is 3. The Balaban J connectivity index is 1.44. The lowest BCUT2D eigenvalue weighted by atomic mass is 9.84. The number of anilines is 2. The summed E-state index contributed by atoms with van der Waals surface area (Å²) in [4.78, 5) is 36.8. The number of fused-ring (bicyclic) bond motifs is 5. The van der Waals surface area contributed by atoms with E-state index in [0.717, 1.165) is 10.5 Å². The van der Waals surface area contributed by atoms with E-state index in [1.165, 1.54) is 24.3 Å². The molecule has 1 heterocycles. The van der Waals surface area contributed by atoms with E-state index in [1.54, 1.807) is 18.2 Å². The number of hydrogen-bond acceptors (Lipinski definition) is 3. The first-order chi connectivity index (χ1) is 16.3. The molecule has 1 aliphatic heterocycles. The molecule has 2 aliphatic carbocycles. The number of carbonyl (C=O) groups excluding carboxylic acids is 3. The van der Waals surface area contributed by atoms with E-state index in [1.807, 2.05) is 6.92 Å². The largest absolute Gasteiger partial charge is 0.322 e. The predicted molar refractivity (Wildman–Crippen MR) is 140 cm³/mol. The number of aryl methyl sites for hydroxylation is 1.